The van der Waals surface area contributed by atoms with E-state index in [0.29, 0.717) is 16.4 Å². The molecule has 0 aliphatic carbocycles. The first-order valence-corrected chi connectivity index (χ1v) is 8.35. The van der Waals surface area contributed by atoms with Crippen LogP contribution in [0.1, 0.15) is 0 Å². The lowest BCUT2D eigenvalue weighted by Gasteiger charge is -2.16. The van der Waals surface area contributed by atoms with Crippen LogP contribution in [0.3, 0.4) is 0 Å². The van der Waals surface area contributed by atoms with Gasteiger partial charge in [-0.15, -0.1) is 0 Å². The fourth-order valence-electron chi connectivity index (χ4n) is 1.31. The van der Waals surface area contributed by atoms with Crippen LogP contribution in [0.5, 0.6) is 11.5 Å². The van der Waals surface area contributed by atoms with E-state index in [1.54, 1.807) is 6.20 Å². The van der Waals surface area contributed by atoms with E-state index in [-0.39, 0.29) is 0 Å². The van der Waals surface area contributed by atoms with Crippen LogP contribution in [0.2, 0.25) is 0 Å². The SMILES string of the molecule is O=P(Oc1cn[nH]c1)(Oc1cn[nH]c1)Sc1cn[nH]c1. The molecule has 3 N–H and O–H groups in total. The summed E-state index contributed by atoms with van der Waals surface area (Å²) in [6.45, 7) is -3.55. The Hall–Kier alpha value is -2.19. The molecule has 0 aliphatic heterocycles. The zero-order valence-electron chi connectivity index (χ0n) is 9.89. The molecule has 0 saturated heterocycles. The lowest BCUT2D eigenvalue weighted by atomic mass is 10.7. The Morgan fingerprint density at radius 3 is 1.90 bits per heavy atom. The maximum absolute atomic E-state index is 12.8. The molecule has 0 spiro atoms. The van der Waals surface area contributed by atoms with Crippen LogP contribution < -0.4 is 9.05 Å². The molecule has 0 radical (unpaired) electrons. The molecule has 3 aromatic heterocycles. The van der Waals surface area contributed by atoms with E-state index in [1.807, 2.05) is 0 Å². The van der Waals surface area contributed by atoms with Gasteiger partial charge in [-0.2, -0.15) is 15.3 Å². The quantitative estimate of drug-likeness (QED) is 0.596. The summed E-state index contributed by atoms with van der Waals surface area (Å²) in [5.41, 5.74) is 0. The highest BCUT2D eigenvalue weighted by molar-refractivity contribution is 8.55. The standard InChI is InChI=1S/C9H9N6O3PS/c16-19(17-7-1-10-11-2-7,18-8-3-12-13-4-8)20-9-5-14-15-6-9/h1-6H,(H,10,11)(H,12,13)(H,14,15). The van der Waals surface area contributed by atoms with Crippen molar-refractivity contribution in [2.24, 2.45) is 0 Å². The summed E-state index contributed by atoms with van der Waals surface area (Å²) in [6.07, 6.45) is 8.87. The molecule has 0 unspecified atom stereocenters. The van der Waals surface area contributed by atoms with E-state index >= 15 is 0 Å². The van der Waals surface area contributed by atoms with Gasteiger partial charge < -0.3 is 9.05 Å². The van der Waals surface area contributed by atoms with Gasteiger partial charge >= 0.3 is 6.80 Å². The molecule has 11 heteroatoms. The van der Waals surface area contributed by atoms with Crippen LogP contribution in [-0.2, 0) is 4.57 Å². The van der Waals surface area contributed by atoms with Crippen molar-refractivity contribution in [1.29, 1.82) is 0 Å². The molecule has 0 bridgehead atoms. The molecule has 0 aliphatic rings. The van der Waals surface area contributed by atoms with Crippen LogP contribution in [-0.4, -0.2) is 30.6 Å². The molecule has 20 heavy (non-hydrogen) atoms. The second-order valence-corrected chi connectivity index (χ2v) is 7.33. The molecule has 3 rings (SSSR count). The number of H-pyrrole nitrogens is 3. The van der Waals surface area contributed by atoms with E-state index in [4.69, 9.17) is 9.05 Å². The third-order valence-electron chi connectivity index (χ3n) is 2.07. The second kappa shape index (κ2) is 5.43. The Kier molecular flexibility index (Phi) is 3.48. The summed E-state index contributed by atoms with van der Waals surface area (Å²) >= 11 is 0.928. The monoisotopic (exact) mass is 312 g/mol. The van der Waals surface area contributed by atoms with Gasteiger partial charge in [0.05, 0.1) is 35.9 Å². The largest absolute Gasteiger partial charge is 0.497 e. The van der Waals surface area contributed by atoms with Gasteiger partial charge in [0, 0.05) is 17.6 Å². The molecule has 3 heterocycles. The number of nitrogens with one attached hydrogen (secondary N) is 3. The van der Waals surface area contributed by atoms with Crippen molar-refractivity contribution in [3.05, 3.63) is 37.2 Å². The van der Waals surface area contributed by atoms with E-state index < -0.39 is 6.80 Å². The molecule has 9 nitrogen and oxygen atoms in total. The van der Waals surface area contributed by atoms with Gasteiger partial charge in [-0.05, 0) is 0 Å². The van der Waals surface area contributed by atoms with Gasteiger partial charge in [-0.1, -0.05) is 0 Å². The fraction of sp³-hybridized carbons (Fsp3) is 0. The summed E-state index contributed by atoms with van der Waals surface area (Å²) in [5, 5.41) is 19.0. The average Bonchev–Trinajstić information content (AvgIpc) is 3.11. The highest BCUT2D eigenvalue weighted by Crippen LogP contribution is 2.62. The van der Waals surface area contributed by atoms with Gasteiger partial charge in [0.2, 0.25) is 0 Å². The minimum absolute atomic E-state index is 0.313. The Bertz CT molecular complexity index is 588. The Morgan fingerprint density at radius 1 is 0.900 bits per heavy atom. The first-order chi connectivity index (χ1) is 9.73. The summed E-state index contributed by atoms with van der Waals surface area (Å²) in [4.78, 5) is 0.625. The van der Waals surface area contributed by atoms with Crippen LogP contribution in [0.25, 0.3) is 0 Å². The van der Waals surface area contributed by atoms with Crippen molar-refractivity contribution in [3.63, 3.8) is 0 Å². The van der Waals surface area contributed by atoms with Gasteiger partial charge in [0.1, 0.15) is 0 Å². The van der Waals surface area contributed by atoms with E-state index in [1.165, 1.54) is 31.0 Å². The maximum Gasteiger partial charge on any atom is 0.497 e. The molecular weight excluding hydrogens is 303 g/mol. The zero-order valence-corrected chi connectivity index (χ0v) is 11.6. The fourth-order valence-corrected chi connectivity index (χ4v) is 4.42. The van der Waals surface area contributed by atoms with Crippen LogP contribution in [0, 0.1) is 0 Å². The van der Waals surface area contributed by atoms with Crippen LogP contribution in [0.15, 0.2) is 42.1 Å². The molecule has 0 amide bonds. The minimum atomic E-state index is -3.55. The smallest absolute Gasteiger partial charge is 0.405 e. The van der Waals surface area contributed by atoms with E-state index in [2.05, 4.69) is 30.6 Å². The van der Waals surface area contributed by atoms with E-state index in [9.17, 15) is 4.57 Å². The van der Waals surface area contributed by atoms with Crippen LogP contribution >= 0.6 is 18.2 Å². The van der Waals surface area contributed by atoms with Crippen molar-refractivity contribution in [2.45, 2.75) is 4.90 Å². The molecule has 0 atom stereocenters. The van der Waals surface area contributed by atoms with Gasteiger partial charge in [0.25, 0.3) is 0 Å². The maximum atomic E-state index is 12.8. The molecule has 0 fully saturated rings. The number of rotatable bonds is 6. The van der Waals surface area contributed by atoms with Gasteiger partial charge in [0.15, 0.2) is 11.5 Å². The second-order valence-electron chi connectivity index (χ2n) is 3.52. The number of aromatic nitrogens is 6. The van der Waals surface area contributed by atoms with Crippen LogP contribution in [0.4, 0.5) is 0 Å². The predicted octanol–water partition coefficient (Wildman–Crippen LogP) is 2.21. The highest BCUT2D eigenvalue weighted by atomic mass is 32.7. The van der Waals surface area contributed by atoms with Gasteiger partial charge in [-0.3, -0.25) is 15.3 Å². The first kappa shape index (κ1) is 12.8. The third-order valence-corrected chi connectivity index (χ3v) is 5.35. The average molecular weight is 312 g/mol. The Balaban J connectivity index is 1.83. The Morgan fingerprint density at radius 2 is 1.45 bits per heavy atom. The number of nitrogens with zero attached hydrogens (tertiary/aromatic N) is 3. The topological polar surface area (TPSA) is 122 Å². The normalized spacial score (nSPS) is 11.4. The summed E-state index contributed by atoms with van der Waals surface area (Å²) in [6, 6.07) is 0. The number of aromatic amines is 3. The third kappa shape index (κ3) is 3.03. The Labute approximate surface area is 116 Å². The zero-order chi connectivity index (χ0) is 13.8. The molecule has 104 valence electrons. The van der Waals surface area contributed by atoms with Crippen molar-refractivity contribution in [3.8, 4) is 11.5 Å². The lowest BCUT2D eigenvalue weighted by molar-refractivity contribution is 0.408. The van der Waals surface area contributed by atoms with E-state index in [0.717, 1.165) is 11.4 Å². The van der Waals surface area contributed by atoms with Crippen molar-refractivity contribution < 1.29 is 13.6 Å². The molecular formula is C9H9N6O3PS. The van der Waals surface area contributed by atoms with Crippen molar-refractivity contribution >= 4 is 18.2 Å². The number of hydrogen-bond donors (Lipinski definition) is 3. The van der Waals surface area contributed by atoms with Gasteiger partial charge in [-0.25, -0.2) is 4.57 Å². The minimum Gasteiger partial charge on any atom is -0.405 e. The molecule has 0 aromatic carbocycles. The highest BCUT2D eigenvalue weighted by Gasteiger charge is 2.31. The summed E-state index contributed by atoms with van der Waals surface area (Å²) < 4.78 is 23.6. The van der Waals surface area contributed by atoms with Crippen molar-refractivity contribution in [1.82, 2.24) is 30.6 Å². The number of hydrogen-bond acceptors (Lipinski definition) is 7. The summed E-state index contributed by atoms with van der Waals surface area (Å²) in [7, 11) is 0. The molecule has 0 saturated carbocycles. The summed E-state index contributed by atoms with van der Waals surface area (Å²) in [5.74, 6) is 0.626. The lowest BCUT2D eigenvalue weighted by Crippen LogP contribution is -1.96. The first-order valence-electron chi connectivity index (χ1n) is 5.39. The predicted molar refractivity (Wildman–Crippen MR) is 70.5 cm³/mol. The molecule has 3 aromatic rings. The van der Waals surface area contributed by atoms with Crippen molar-refractivity contribution in [2.75, 3.05) is 0 Å².